The van der Waals surface area contributed by atoms with E-state index in [0.29, 0.717) is 5.69 Å². The molecule has 0 bridgehead atoms. The third kappa shape index (κ3) is 4.10. The lowest BCUT2D eigenvalue weighted by atomic mass is 9.92. The molecule has 9 heteroatoms. The molecule has 1 aliphatic carbocycles. The van der Waals surface area contributed by atoms with E-state index in [2.05, 4.69) is 28.2 Å². The van der Waals surface area contributed by atoms with Crippen LogP contribution in [0.2, 0.25) is 0 Å². The molecule has 2 aromatic rings. The van der Waals surface area contributed by atoms with E-state index in [1.165, 1.54) is 48.7 Å². The fourth-order valence-electron chi connectivity index (χ4n) is 2.71. The minimum Gasteiger partial charge on any atom is -0.351 e. The smallest absolute Gasteiger partial charge is 0.263 e. The van der Waals surface area contributed by atoms with Gasteiger partial charge in [0.15, 0.2) is 0 Å². The molecule has 0 amide bonds. The molecule has 152 valence electrons. The standard InChI is InChI=1S/C21H16ClN3O4S/c1-3-15-16(4-2)21(27)19(18(22)20(15)26)24-13-8-10-14(11-9-13)30(28,29)25-17-7-5-6-12-23-17/h3-12,24H,1-2H2,(H,23,25). The molecule has 30 heavy (non-hydrogen) atoms. The number of allylic oxidation sites excluding steroid dienone is 5. The second-order valence-electron chi connectivity index (χ2n) is 6.05. The Kier molecular flexibility index (Phi) is 6.00. The van der Waals surface area contributed by atoms with Crippen LogP contribution in [0.5, 0.6) is 0 Å². The van der Waals surface area contributed by atoms with Crippen LogP contribution in [0.4, 0.5) is 11.5 Å². The number of aromatic nitrogens is 1. The molecule has 0 saturated heterocycles. The number of carbonyl (C=O) groups is 2. The molecule has 1 aromatic heterocycles. The number of pyridine rings is 1. The molecule has 0 aliphatic heterocycles. The number of benzene rings is 1. The Hall–Kier alpha value is -3.49. The second-order valence-corrected chi connectivity index (χ2v) is 8.11. The molecule has 0 spiro atoms. The third-order valence-electron chi connectivity index (χ3n) is 4.17. The Morgan fingerprint density at radius 2 is 1.57 bits per heavy atom. The van der Waals surface area contributed by atoms with E-state index in [9.17, 15) is 18.0 Å². The molecular weight excluding hydrogens is 426 g/mol. The van der Waals surface area contributed by atoms with Crippen LogP contribution >= 0.6 is 11.6 Å². The number of hydrogen-bond donors (Lipinski definition) is 2. The van der Waals surface area contributed by atoms with Crippen LogP contribution in [-0.2, 0) is 19.6 Å². The van der Waals surface area contributed by atoms with Gasteiger partial charge in [-0.3, -0.25) is 14.3 Å². The van der Waals surface area contributed by atoms with E-state index in [-0.39, 0.29) is 32.6 Å². The summed E-state index contributed by atoms with van der Waals surface area (Å²) in [5.41, 5.74) is 0.407. The first-order valence-electron chi connectivity index (χ1n) is 8.57. The Bertz CT molecular complexity index is 1210. The van der Waals surface area contributed by atoms with Crippen molar-refractivity contribution >= 4 is 44.7 Å². The third-order valence-corrected chi connectivity index (χ3v) is 5.90. The number of nitrogens with one attached hydrogen (secondary N) is 2. The zero-order chi connectivity index (χ0) is 21.9. The van der Waals surface area contributed by atoms with Crippen molar-refractivity contribution in [3.63, 3.8) is 0 Å². The number of hydrogen-bond acceptors (Lipinski definition) is 6. The van der Waals surface area contributed by atoms with Gasteiger partial charge >= 0.3 is 0 Å². The molecule has 7 nitrogen and oxygen atoms in total. The first-order valence-corrected chi connectivity index (χ1v) is 10.4. The highest BCUT2D eigenvalue weighted by Gasteiger charge is 2.31. The maximum Gasteiger partial charge on any atom is 0.263 e. The van der Waals surface area contributed by atoms with Gasteiger partial charge in [-0.15, -0.1) is 0 Å². The van der Waals surface area contributed by atoms with Gasteiger partial charge in [0.1, 0.15) is 16.5 Å². The number of nitrogens with zero attached hydrogens (tertiary/aromatic N) is 1. The molecule has 0 saturated carbocycles. The number of rotatable bonds is 7. The van der Waals surface area contributed by atoms with Gasteiger partial charge in [-0.1, -0.05) is 43.0 Å². The van der Waals surface area contributed by atoms with Crippen LogP contribution in [0.25, 0.3) is 0 Å². The molecule has 3 rings (SSSR count). The zero-order valence-electron chi connectivity index (χ0n) is 15.6. The van der Waals surface area contributed by atoms with Crippen molar-refractivity contribution in [3.05, 3.63) is 95.8 Å². The van der Waals surface area contributed by atoms with Crippen molar-refractivity contribution in [2.45, 2.75) is 4.90 Å². The molecule has 0 radical (unpaired) electrons. The first kappa shape index (κ1) is 21.2. The van der Waals surface area contributed by atoms with E-state index in [1.54, 1.807) is 12.1 Å². The lowest BCUT2D eigenvalue weighted by Gasteiger charge is -2.19. The molecule has 1 heterocycles. The highest BCUT2D eigenvalue weighted by atomic mass is 35.5. The number of anilines is 2. The lowest BCUT2D eigenvalue weighted by Crippen LogP contribution is -2.24. The van der Waals surface area contributed by atoms with E-state index < -0.39 is 21.6 Å². The Balaban J connectivity index is 1.85. The molecule has 1 aliphatic rings. The molecule has 0 unspecified atom stereocenters. The minimum atomic E-state index is -3.85. The monoisotopic (exact) mass is 441 g/mol. The van der Waals surface area contributed by atoms with Crippen LogP contribution < -0.4 is 10.0 Å². The van der Waals surface area contributed by atoms with Gasteiger partial charge in [-0.25, -0.2) is 13.4 Å². The Labute approximate surface area is 178 Å². The van der Waals surface area contributed by atoms with Gasteiger partial charge in [-0.2, -0.15) is 0 Å². The van der Waals surface area contributed by atoms with Crippen LogP contribution in [0.15, 0.2) is 101 Å². The number of sulfonamides is 1. The van der Waals surface area contributed by atoms with Crippen molar-refractivity contribution in [3.8, 4) is 0 Å². The fourth-order valence-corrected chi connectivity index (χ4v) is 3.95. The summed E-state index contributed by atoms with van der Waals surface area (Å²) in [5.74, 6) is -0.884. The summed E-state index contributed by atoms with van der Waals surface area (Å²) in [6.07, 6.45) is 3.99. The van der Waals surface area contributed by atoms with E-state index in [4.69, 9.17) is 11.6 Å². The summed E-state index contributed by atoms with van der Waals surface area (Å²) in [6, 6.07) is 10.4. The van der Waals surface area contributed by atoms with Crippen molar-refractivity contribution in [1.82, 2.24) is 4.98 Å². The van der Waals surface area contributed by atoms with Crippen LogP contribution in [0.3, 0.4) is 0 Å². The van der Waals surface area contributed by atoms with Crippen molar-refractivity contribution in [2.24, 2.45) is 0 Å². The fraction of sp³-hybridized carbons (Fsp3) is 0. The minimum absolute atomic E-state index is 0.00885. The Morgan fingerprint density at radius 3 is 2.13 bits per heavy atom. The van der Waals surface area contributed by atoms with Gasteiger partial charge in [-0.05, 0) is 36.4 Å². The summed E-state index contributed by atoms with van der Waals surface area (Å²) < 4.78 is 27.3. The van der Waals surface area contributed by atoms with Crippen LogP contribution in [0, 0.1) is 0 Å². The predicted molar refractivity (Wildman–Crippen MR) is 115 cm³/mol. The van der Waals surface area contributed by atoms with Gasteiger partial charge < -0.3 is 5.32 Å². The van der Waals surface area contributed by atoms with E-state index in [1.807, 2.05) is 0 Å². The highest BCUT2D eigenvalue weighted by Crippen LogP contribution is 2.29. The van der Waals surface area contributed by atoms with Gasteiger partial charge in [0.05, 0.1) is 4.90 Å². The maximum absolute atomic E-state index is 12.7. The summed E-state index contributed by atoms with van der Waals surface area (Å²) in [4.78, 5) is 29.0. The largest absolute Gasteiger partial charge is 0.351 e. The molecule has 1 aromatic carbocycles. The number of Topliss-reactive ketones (excluding diaryl/α,β-unsaturated/α-hetero) is 2. The summed E-state index contributed by atoms with van der Waals surface area (Å²) in [7, 11) is -3.85. The first-order chi connectivity index (χ1) is 14.3. The van der Waals surface area contributed by atoms with Crippen LogP contribution in [-0.4, -0.2) is 25.0 Å². The molecule has 2 N–H and O–H groups in total. The highest BCUT2D eigenvalue weighted by molar-refractivity contribution is 7.92. The lowest BCUT2D eigenvalue weighted by molar-refractivity contribution is -0.115. The summed E-state index contributed by atoms with van der Waals surface area (Å²) in [5, 5.41) is 2.50. The number of ketones is 2. The Morgan fingerprint density at radius 1 is 0.933 bits per heavy atom. The molecule has 0 fully saturated rings. The topological polar surface area (TPSA) is 105 Å². The maximum atomic E-state index is 12.7. The van der Waals surface area contributed by atoms with Crippen molar-refractivity contribution < 1.29 is 18.0 Å². The van der Waals surface area contributed by atoms with Crippen molar-refractivity contribution in [1.29, 1.82) is 0 Å². The zero-order valence-corrected chi connectivity index (χ0v) is 17.1. The number of carbonyl (C=O) groups excluding carboxylic acids is 2. The van der Waals surface area contributed by atoms with Crippen LogP contribution in [0.1, 0.15) is 0 Å². The summed E-state index contributed by atoms with van der Waals surface area (Å²) in [6.45, 7) is 7.08. The van der Waals surface area contributed by atoms with Gasteiger partial charge in [0.25, 0.3) is 10.0 Å². The van der Waals surface area contributed by atoms with E-state index in [0.717, 1.165) is 0 Å². The van der Waals surface area contributed by atoms with Crippen molar-refractivity contribution in [2.75, 3.05) is 10.0 Å². The SMILES string of the molecule is C=CC1=C(C=C)C(=O)C(Nc2ccc(S(=O)(=O)Nc3ccccn3)cc2)=C(Cl)C1=O. The average Bonchev–Trinajstić information content (AvgIpc) is 2.74. The predicted octanol–water partition coefficient (Wildman–Crippen LogP) is 3.57. The van der Waals surface area contributed by atoms with E-state index >= 15 is 0 Å². The normalized spacial score (nSPS) is 14.6. The number of halogens is 1. The molecular formula is C21H16ClN3O4S. The quantitative estimate of drug-likeness (QED) is 0.636. The summed E-state index contributed by atoms with van der Waals surface area (Å²) >= 11 is 6.09. The van der Waals surface area contributed by atoms with Gasteiger partial charge in [0, 0.05) is 23.0 Å². The van der Waals surface area contributed by atoms with Gasteiger partial charge in [0.2, 0.25) is 11.6 Å². The molecule has 0 atom stereocenters. The second kappa shape index (κ2) is 8.48. The average molecular weight is 442 g/mol.